The number of nitrogens with zero attached hydrogens (tertiary/aromatic N) is 2. The maximum Gasteiger partial charge on any atom is 0.339 e. The van der Waals surface area contributed by atoms with Crippen LogP contribution in [0.1, 0.15) is 44.9 Å². The zero-order valence-electron chi connectivity index (χ0n) is 20.3. The third-order valence-corrected chi connectivity index (χ3v) is 6.52. The van der Waals surface area contributed by atoms with Crippen molar-refractivity contribution in [2.75, 3.05) is 71.7 Å². The predicted octanol–water partition coefficient (Wildman–Crippen LogP) is -0.823. The third-order valence-electron chi connectivity index (χ3n) is 5.75. The predicted molar refractivity (Wildman–Crippen MR) is 132 cm³/mol. The van der Waals surface area contributed by atoms with Crippen LogP contribution in [0, 0.1) is 0 Å². The SMILES string of the molecule is NCCCC(=O)NCCCCC(C(=O)O)N1CCCNCCN(CP(=O)(O)O)CCCNCC1. The number of amides is 1. The van der Waals surface area contributed by atoms with Gasteiger partial charge < -0.3 is 36.6 Å². The van der Waals surface area contributed by atoms with Crippen molar-refractivity contribution in [3.05, 3.63) is 0 Å². The minimum Gasteiger partial charge on any atom is -0.480 e. The highest BCUT2D eigenvalue weighted by Crippen LogP contribution is 2.34. The molecule has 1 aliphatic heterocycles. The number of hydrogen-bond acceptors (Lipinski definition) is 8. The van der Waals surface area contributed by atoms with E-state index in [9.17, 15) is 29.0 Å². The molecule has 0 aromatic rings. The molecule has 200 valence electrons. The largest absolute Gasteiger partial charge is 0.480 e. The normalized spacial score (nSPS) is 19.3. The van der Waals surface area contributed by atoms with Gasteiger partial charge >= 0.3 is 13.6 Å². The van der Waals surface area contributed by atoms with Crippen molar-refractivity contribution in [1.29, 1.82) is 0 Å². The lowest BCUT2D eigenvalue weighted by Crippen LogP contribution is -2.46. The fourth-order valence-corrected chi connectivity index (χ4v) is 4.79. The summed E-state index contributed by atoms with van der Waals surface area (Å²) < 4.78 is 11.3. The van der Waals surface area contributed by atoms with Crippen LogP contribution in [0.2, 0.25) is 0 Å². The second-order valence-corrected chi connectivity index (χ2v) is 10.4. The van der Waals surface area contributed by atoms with E-state index < -0.39 is 19.6 Å². The summed E-state index contributed by atoms with van der Waals surface area (Å²) in [5, 5.41) is 19.3. The van der Waals surface area contributed by atoms with Gasteiger partial charge in [0.15, 0.2) is 0 Å². The van der Waals surface area contributed by atoms with E-state index in [2.05, 4.69) is 16.0 Å². The molecule has 1 unspecified atom stereocenters. The van der Waals surface area contributed by atoms with Crippen molar-refractivity contribution in [1.82, 2.24) is 25.8 Å². The van der Waals surface area contributed by atoms with Crippen LogP contribution in [0.15, 0.2) is 0 Å². The van der Waals surface area contributed by atoms with Gasteiger partial charge in [-0.2, -0.15) is 0 Å². The molecule has 34 heavy (non-hydrogen) atoms. The summed E-state index contributed by atoms with van der Waals surface area (Å²) in [6, 6.07) is -0.568. The van der Waals surface area contributed by atoms with E-state index in [1.54, 1.807) is 4.90 Å². The summed E-state index contributed by atoms with van der Waals surface area (Å²) in [5.74, 6) is -0.840. The minimum atomic E-state index is -4.09. The van der Waals surface area contributed by atoms with Crippen molar-refractivity contribution < 1.29 is 29.0 Å². The lowest BCUT2D eigenvalue weighted by molar-refractivity contribution is -0.143. The molecule has 0 aromatic heterocycles. The lowest BCUT2D eigenvalue weighted by Gasteiger charge is -2.30. The average molecular weight is 509 g/mol. The van der Waals surface area contributed by atoms with Gasteiger partial charge in [-0.15, -0.1) is 0 Å². The zero-order valence-corrected chi connectivity index (χ0v) is 21.2. The summed E-state index contributed by atoms with van der Waals surface area (Å²) in [5.41, 5.74) is 5.40. The molecule has 0 aliphatic carbocycles. The fourth-order valence-electron chi connectivity index (χ4n) is 3.99. The Kier molecular flexibility index (Phi) is 16.6. The number of aliphatic carboxylic acids is 1. The van der Waals surface area contributed by atoms with Gasteiger partial charge in [0.1, 0.15) is 12.3 Å². The smallest absolute Gasteiger partial charge is 0.339 e. The van der Waals surface area contributed by atoms with E-state index >= 15 is 0 Å². The quantitative estimate of drug-likeness (QED) is 0.129. The number of nitrogens with one attached hydrogen (secondary N) is 3. The molecule has 0 aromatic carbocycles. The van der Waals surface area contributed by atoms with E-state index in [0.29, 0.717) is 91.1 Å². The standard InChI is InChI=1S/C21H45N6O6P/c22-8-3-7-20(28)25-11-2-1-6-19(21(29)30)27-15-5-10-23-12-16-26(18-34(31,32)33)14-4-9-24-13-17-27/h19,23-24H,1-18,22H2,(H,25,28)(H,29,30)(H2,31,32,33). The molecule has 0 spiro atoms. The van der Waals surface area contributed by atoms with Crippen LogP contribution >= 0.6 is 7.60 Å². The number of rotatable bonds is 12. The number of nitrogens with two attached hydrogens (primary N) is 1. The number of carboxylic acids is 1. The zero-order chi connectivity index (χ0) is 25.2. The van der Waals surface area contributed by atoms with Crippen LogP contribution in [-0.2, 0) is 14.2 Å². The Morgan fingerprint density at radius 3 is 2.29 bits per heavy atom. The van der Waals surface area contributed by atoms with Gasteiger partial charge in [0, 0.05) is 52.2 Å². The Bertz CT molecular complexity index is 607. The van der Waals surface area contributed by atoms with Crippen molar-refractivity contribution in [3.8, 4) is 0 Å². The lowest BCUT2D eigenvalue weighted by atomic mass is 10.1. The van der Waals surface area contributed by atoms with E-state index in [0.717, 1.165) is 19.3 Å². The molecule has 1 fully saturated rings. The molecule has 8 N–H and O–H groups in total. The Morgan fingerprint density at radius 2 is 1.65 bits per heavy atom. The van der Waals surface area contributed by atoms with Gasteiger partial charge in [-0.05, 0) is 58.2 Å². The Balaban J connectivity index is 2.49. The van der Waals surface area contributed by atoms with E-state index in [4.69, 9.17) is 5.73 Å². The second-order valence-electron chi connectivity index (χ2n) is 8.76. The molecule has 0 bridgehead atoms. The molecule has 1 rings (SSSR count). The molecule has 1 heterocycles. The summed E-state index contributed by atoms with van der Waals surface area (Å²) in [7, 11) is -4.09. The van der Waals surface area contributed by atoms with Crippen LogP contribution in [-0.4, -0.2) is 114 Å². The van der Waals surface area contributed by atoms with Gasteiger partial charge in [0.25, 0.3) is 0 Å². The summed E-state index contributed by atoms with van der Waals surface area (Å²) in [4.78, 5) is 46.0. The first-order valence-corrected chi connectivity index (χ1v) is 14.1. The maximum absolute atomic E-state index is 12.0. The number of carboxylic acid groups (broad SMARTS) is 1. The Morgan fingerprint density at radius 1 is 0.971 bits per heavy atom. The van der Waals surface area contributed by atoms with E-state index in [-0.39, 0.29) is 12.2 Å². The monoisotopic (exact) mass is 508 g/mol. The van der Waals surface area contributed by atoms with Crippen molar-refractivity contribution >= 4 is 19.5 Å². The van der Waals surface area contributed by atoms with Gasteiger partial charge in [0.05, 0.1) is 0 Å². The number of carbonyl (C=O) groups is 2. The molecular formula is C21H45N6O6P. The van der Waals surface area contributed by atoms with E-state index in [1.165, 1.54) is 0 Å². The van der Waals surface area contributed by atoms with Gasteiger partial charge in [-0.1, -0.05) is 0 Å². The van der Waals surface area contributed by atoms with Gasteiger partial charge in [-0.3, -0.25) is 24.0 Å². The van der Waals surface area contributed by atoms with Gasteiger partial charge in [0.2, 0.25) is 5.91 Å². The topological polar surface area (TPSA) is 180 Å². The highest BCUT2D eigenvalue weighted by Gasteiger charge is 2.25. The maximum atomic E-state index is 12.0. The molecule has 1 atom stereocenters. The minimum absolute atomic E-state index is 0.0153. The third kappa shape index (κ3) is 15.7. The molecule has 0 saturated carbocycles. The van der Waals surface area contributed by atoms with Crippen LogP contribution in [0.25, 0.3) is 0 Å². The summed E-state index contributed by atoms with van der Waals surface area (Å²) >= 11 is 0. The first-order valence-electron chi connectivity index (χ1n) is 12.3. The first kappa shape index (κ1) is 30.9. The van der Waals surface area contributed by atoms with Crippen LogP contribution < -0.4 is 21.7 Å². The number of hydrogen-bond donors (Lipinski definition) is 7. The van der Waals surface area contributed by atoms with Gasteiger partial charge in [-0.25, -0.2) is 0 Å². The molecule has 0 radical (unpaired) electrons. The summed E-state index contributed by atoms with van der Waals surface area (Å²) in [6.45, 7) is 6.09. The van der Waals surface area contributed by atoms with E-state index in [1.807, 2.05) is 4.90 Å². The molecular weight excluding hydrogens is 463 g/mol. The fraction of sp³-hybridized carbons (Fsp3) is 0.905. The molecule has 1 amide bonds. The second kappa shape index (κ2) is 18.2. The van der Waals surface area contributed by atoms with Crippen molar-refractivity contribution in [2.24, 2.45) is 5.73 Å². The first-order chi connectivity index (χ1) is 16.2. The Labute approximate surface area is 203 Å². The summed E-state index contributed by atoms with van der Waals surface area (Å²) in [6.07, 6.45) is 4.35. The molecule has 1 saturated heterocycles. The van der Waals surface area contributed by atoms with Crippen molar-refractivity contribution in [3.63, 3.8) is 0 Å². The Hall–Kier alpha value is -1.11. The average Bonchev–Trinajstić information content (AvgIpc) is 2.76. The highest BCUT2D eigenvalue weighted by molar-refractivity contribution is 7.51. The highest BCUT2D eigenvalue weighted by atomic mass is 31.2. The van der Waals surface area contributed by atoms with Crippen molar-refractivity contribution in [2.45, 2.75) is 51.0 Å². The van der Waals surface area contributed by atoms with Crippen LogP contribution in [0.4, 0.5) is 0 Å². The number of carbonyl (C=O) groups excluding carboxylic acids is 1. The molecule has 1 aliphatic rings. The van der Waals surface area contributed by atoms with Crippen LogP contribution in [0.5, 0.6) is 0 Å². The number of unbranched alkanes of at least 4 members (excludes halogenated alkanes) is 1. The molecule has 13 heteroatoms. The van der Waals surface area contributed by atoms with Crippen LogP contribution in [0.3, 0.4) is 0 Å². The molecule has 12 nitrogen and oxygen atoms in total.